The van der Waals surface area contributed by atoms with E-state index < -0.39 is 73.6 Å². The number of likely N-dealkylation sites (tertiary alicyclic amines) is 1. The van der Waals surface area contributed by atoms with E-state index in [2.05, 4.69) is 21.9 Å². The van der Waals surface area contributed by atoms with Crippen LogP contribution in [-0.4, -0.2) is 79.8 Å². The monoisotopic (exact) mass is 692 g/mol. The lowest BCUT2D eigenvalue weighted by Crippen LogP contribution is -2.60. The Labute approximate surface area is 281 Å². The Bertz CT molecular complexity index is 1540. The van der Waals surface area contributed by atoms with Gasteiger partial charge in [0.25, 0.3) is 5.91 Å². The highest BCUT2D eigenvalue weighted by Crippen LogP contribution is 2.47. The number of methoxy groups -OCH3 is 1. The molecule has 0 spiro atoms. The Hall–Kier alpha value is -3.16. The molecular weight excluding hydrogens is 648 g/mol. The van der Waals surface area contributed by atoms with Crippen molar-refractivity contribution in [1.82, 2.24) is 20.3 Å². The number of benzene rings is 1. The number of nitrogens with one attached hydrogen (secondary N) is 3. The standard InChI is InChI=1S/C33H45ClN4O8S/c1-6-20-17-33(20,29(41)37-47(43,44)24-14-15-24)36-27(39)25-18-32(45-5,21-10-9-11-22(34)16-21)19-38(25)28(40)26(31(2,3)4)35-30(42)46-23-12-7-8-13-23/h6,9-11,16,20,23-26H,1,7-8,12-15,17-19H2,2-5H3,(H,35,42)(H,36,39)(H,37,41)/t20-,25+,26-,32+,33-/m1/s1. The zero-order valence-electron chi connectivity index (χ0n) is 27.3. The van der Waals surface area contributed by atoms with Gasteiger partial charge in [0, 0.05) is 24.5 Å². The summed E-state index contributed by atoms with van der Waals surface area (Å²) in [7, 11) is -2.40. The van der Waals surface area contributed by atoms with Crippen molar-refractivity contribution in [3.05, 3.63) is 47.5 Å². The molecule has 47 heavy (non-hydrogen) atoms. The normalized spacial score (nSPS) is 28.3. The second-order valence-electron chi connectivity index (χ2n) is 14.3. The molecule has 1 aliphatic heterocycles. The molecule has 12 nitrogen and oxygen atoms in total. The second-order valence-corrected chi connectivity index (χ2v) is 16.7. The van der Waals surface area contributed by atoms with Crippen LogP contribution in [0.5, 0.6) is 0 Å². The molecule has 14 heteroatoms. The average Bonchev–Trinajstić information content (AvgIpc) is 3.89. The number of carbonyl (C=O) groups is 4. The minimum Gasteiger partial charge on any atom is -0.446 e. The predicted octanol–water partition coefficient (Wildman–Crippen LogP) is 3.54. The van der Waals surface area contributed by atoms with E-state index in [-0.39, 0.29) is 25.5 Å². The minimum absolute atomic E-state index is 0.00161. The molecule has 5 rings (SSSR count). The number of carbonyl (C=O) groups excluding carboxylic acids is 4. The fourth-order valence-electron chi connectivity index (χ4n) is 6.73. The zero-order valence-corrected chi connectivity index (χ0v) is 28.9. The van der Waals surface area contributed by atoms with Crippen molar-refractivity contribution in [2.75, 3.05) is 13.7 Å². The number of sulfonamides is 1. The van der Waals surface area contributed by atoms with Crippen molar-refractivity contribution < 1.29 is 37.1 Å². The van der Waals surface area contributed by atoms with Gasteiger partial charge in [-0.2, -0.15) is 0 Å². The predicted molar refractivity (Wildman–Crippen MR) is 175 cm³/mol. The van der Waals surface area contributed by atoms with Crippen molar-refractivity contribution in [2.45, 2.75) is 107 Å². The number of ether oxygens (including phenoxy) is 2. The van der Waals surface area contributed by atoms with E-state index in [1.54, 1.807) is 45.0 Å². The lowest BCUT2D eigenvalue weighted by Gasteiger charge is -2.36. The summed E-state index contributed by atoms with van der Waals surface area (Å²) in [5, 5.41) is 5.36. The van der Waals surface area contributed by atoms with E-state index in [0.717, 1.165) is 25.7 Å². The highest BCUT2D eigenvalue weighted by atomic mass is 35.5. The Morgan fingerprint density at radius 2 is 1.79 bits per heavy atom. The highest BCUT2D eigenvalue weighted by Gasteiger charge is 2.62. The maximum Gasteiger partial charge on any atom is 0.408 e. The van der Waals surface area contributed by atoms with Gasteiger partial charge in [0.1, 0.15) is 29.3 Å². The van der Waals surface area contributed by atoms with E-state index in [1.165, 1.54) is 18.1 Å². The van der Waals surface area contributed by atoms with Crippen LogP contribution in [0, 0.1) is 11.3 Å². The van der Waals surface area contributed by atoms with Crippen molar-refractivity contribution in [2.24, 2.45) is 11.3 Å². The third-order valence-corrected chi connectivity index (χ3v) is 11.9. The van der Waals surface area contributed by atoms with Gasteiger partial charge in [-0.1, -0.05) is 50.6 Å². The number of amides is 4. The lowest BCUT2D eigenvalue weighted by molar-refractivity contribution is -0.143. The van der Waals surface area contributed by atoms with Crippen LogP contribution in [0.25, 0.3) is 0 Å². The van der Waals surface area contributed by atoms with Gasteiger partial charge in [-0.25, -0.2) is 13.2 Å². The Kier molecular flexibility index (Phi) is 9.75. The summed E-state index contributed by atoms with van der Waals surface area (Å²) in [6.45, 7) is 9.10. The van der Waals surface area contributed by atoms with E-state index >= 15 is 0 Å². The lowest BCUT2D eigenvalue weighted by atomic mass is 9.85. The van der Waals surface area contributed by atoms with Crippen LogP contribution in [0.1, 0.15) is 77.7 Å². The van der Waals surface area contributed by atoms with Crippen LogP contribution in [-0.2, 0) is 39.5 Å². The number of nitrogens with zero attached hydrogens (tertiary/aromatic N) is 1. The highest BCUT2D eigenvalue weighted by molar-refractivity contribution is 7.91. The molecule has 0 unspecified atom stereocenters. The number of hydrogen-bond acceptors (Lipinski definition) is 8. The zero-order chi connectivity index (χ0) is 34.4. The Morgan fingerprint density at radius 1 is 1.11 bits per heavy atom. The molecule has 3 aliphatic carbocycles. The molecule has 1 heterocycles. The number of rotatable bonds is 11. The third-order valence-electron chi connectivity index (χ3n) is 9.85. The largest absolute Gasteiger partial charge is 0.446 e. The molecule has 1 aromatic carbocycles. The maximum atomic E-state index is 14.5. The minimum atomic E-state index is -3.89. The van der Waals surface area contributed by atoms with Gasteiger partial charge in [0.2, 0.25) is 21.8 Å². The molecule has 1 saturated heterocycles. The molecular formula is C33H45ClN4O8S. The van der Waals surface area contributed by atoms with Crippen LogP contribution in [0.15, 0.2) is 36.9 Å². The molecule has 0 bridgehead atoms. The van der Waals surface area contributed by atoms with Gasteiger partial charge in [-0.15, -0.1) is 6.58 Å². The van der Waals surface area contributed by atoms with Gasteiger partial charge >= 0.3 is 6.09 Å². The van der Waals surface area contributed by atoms with Gasteiger partial charge in [0.05, 0.1) is 11.8 Å². The summed E-state index contributed by atoms with van der Waals surface area (Å²) in [4.78, 5) is 56.6. The fraction of sp³-hybridized carbons (Fsp3) is 0.636. The number of halogens is 1. The second kappa shape index (κ2) is 13.0. The van der Waals surface area contributed by atoms with Crippen LogP contribution in [0.4, 0.5) is 4.79 Å². The van der Waals surface area contributed by atoms with Gasteiger partial charge in [-0.05, 0) is 68.1 Å². The fourth-order valence-corrected chi connectivity index (χ4v) is 8.28. The van der Waals surface area contributed by atoms with E-state index in [4.69, 9.17) is 21.1 Å². The topological polar surface area (TPSA) is 160 Å². The molecule has 0 radical (unpaired) electrons. The summed E-state index contributed by atoms with van der Waals surface area (Å²) in [5.74, 6) is -2.55. The first kappa shape index (κ1) is 35.2. The van der Waals surface area contributed by atoms with Crippen molar-refractivity contribution in [3.63, 3.8) is 0 Å². The first-order valence-electron chi connectivity index (χ1n) is 16.1. The average molecular weight is 693 g/mol. The summed E-state index contributed by atoms with van der Waals surface area (Å²) < 4.78 is 39.1. The van der Waals surface area contributed by atoms with E-state index in [1.807, 2.05) is 0 Å². The van der Waals surface area contributed by atoms with Gasteiger partial charge in [0.15, 0.2) is 0 Å². The molecule has 258 valence electrons. The van der Waals surface area contributed by atoms with Crippen molar-refractivity contribution >= 4 is 45.4 Å². The molecule has 4 aliphatic rings. The third kappa shape index (κ3) is 7.31. The van der Waals surface area contributed by atoms with Gasteiger partial charge < -0.3 is 25.0 Å². The first-order valence-corrected chi connectivity index (χ1v) is 18.1. The molecule has 4 fully saturated rings. The summed E-state index contributed by atoms with van der Waals surface area (Å²) >= 11 is 6.34. The van der Waals surface area contributed by atoms with Crippen LogP contribution >= 0.6 is 11.6 Å². The quantitative estimate of drug-likeness (QED) is 0.297. The van der Waals surface area contributed by atoms with Gasteiger partial charge in [-0.3, -0.25) is 19.1 Å². The van der Waals surface area contributed by atoms with Crippen LogP contribution in [0.2, 0.25) is 5.02 Å². The van der Waals surface area contributed by atoms with E-state index in [9.17, 15) is 27.6 Å². The molecule has 4 amide bonds. The first-order chi connectivity index (χ1) is 22.0. The Balaban J connectivity index is 1.45. The number of hydrogen-bond donors (Lipinski definition) is 3. The molecule has 3 N–H and O–H groups in total. The van der Waals surface area contributed by atoms with E-state index in [0.29, 0.717) is 23.4 Å². The molecule has 1 aromatic rings. The molecule has 5 atom stereocenters. The number of alkyl carbamates (subject to hydrolysis) is 1. The maximum absolute atomic E-state index is 14.5. The summed E-state index contributed by atoms with van der Waals surface area (Å²) in [5.41, 5.74) is -2.86. The van der Waals surface area contributed by atoms with Crippen molar-refractivity contribution in [1.29, 1.82) is 0 Å². The smallest absolute Gasteiger partial charge is 0.408 e. The van der Waals surface area contributed by atoms with Crippen LogP contribution < -0.4 is 15.4 Å². The SMILES string of the molecule is C=C[C@@H]1C[C@]1(NC(=O)[C@@H]1C[C@@](OC)(c2cccc(Cl)c2)CN1C(=O)[C@@H](NC(=O)OC1CCCC1)C(C)(C)C)C(=O)NS(=O)(=O)C1CC1. The van der Waals surface area contributed by atoms with Crippen molar-refractivity contribution in [3.8, 4) is 0 Å². The molecule has 0 aromatic heterocycles. The Morgan fingerprint density at radius 3 is 2.34 bits per heavy atom. The summed E-state index contributed by atoms with van der Waals surface area (Å²) in [6.07, 6.45) is 5.10. The van der Waals surface area contributed by atoms with Crippen LogP contribution in [0.3, 0.4) is 0 Å². The molecule has 3 saturated carbocycles. The summed E-state index contributed by atoms with van der Waals surface area (Å²) in [6, 6.07) is 4.71.